The van der Waals surface area contributed by atoms with Gasteiger partial charge in [-0.3, -0.25) is 4.79 Å². The van der Waals surface area contributed by atoms with Gasteiger partial charge in [-0.05, 0) is 61.8 Å². The van der Waals surface area contributed by atoms with E-state index in [9.17, 15) is 13.2 Å². The van der Waals surface area contributed by atoms with Crippen molar-refractivity contribution in [1.29, 1.82) is 0 Å². The minimum Gasteiger partial charge on any atom is -0.455 e. The summed E-state index contributed by atoms with van der Waals surface area (Å²) in [6.07, 6.45) is 6.11. The van der Waals surface area contributed by atoms with Gasteiger partial charge in [-0.2, -0.15) is 4.37 Å². The number of sulfone groups is 1. The summed E-state index contributed by atoms with van der Waals surface area (Å²) in [6.45, 7) is 3.38. The number of hydrogen-bond donors (Lipinski definition) is 2. The maximum absolute atomic E-state index is 12.5. The molecule has 0 saturated carbocycles. The molecule has 0 atom stereocenters. The van der Waals surface area contributed by atoms with Gasteiger partial charge in [-0.15, -0.1) is 0 Å². The largest absolute Gasteiger partial charge is 0.455 e. The number of rotatable bonds is 9. The second-order valence-electron chi connectivity index (χ2n) is 9.37. The van der Waals surface area contributed by atoms with Crippen LogP contribution in [0, 0.1) is 0 Å². The number of carbonyl (C=O) groups excluding carboxylic acids is 1. The normalized spacial score (nSPS) is 12.1. The van der Waals surface area contributed by atoms with Crippen LogP contribution in [-0.4, -0.2) is 50.8 Å². The SMILES string of the molecule is CC(C)(C(=O)NCCn1ccc2ncnc(Nc3ccc(Oc4cccc5sncc45)c(Cl)c3)c21)S(C)(=O)=O. The van der Waals surface area contributed by atoms with Crippen LogP contribution in [0.5, 0.6) is 11.5 Å². The van der Waals surface area contributed by atoms with E-state index >= 15 is 0 Å². The summed E-state index contributed by atoms with van der Waals surface area (Å²) < 4.78 is 35.6. The third kappa shape index (κ3) is 5.40. The molecule has 0 fully saturated rings. The standard InChI is InChI=1S/C26H25ClN6O4S2/c1-26(2,39(3,35)36)25(34)28-10-12-33-11-9-19-23(33)24(30-15-29-19)32-16-7-8-21(18(27)13-16)37-20-5-4-6-22-17(20)14-31-38-22/h4-9,11,13-15H,10,12H2,1-3H3,(H,28,34)(H,29,30,32). The van der Waals surface area contributed by atoms with Crippen molar-refractivity contribution < 1.29 is 17.9 Å². The van der Waals surface area contributed by atoms with Crippen molar-refractivity contribution in [3.05, 3.63) is 66.2 Å². The van der Waals surface area contributed by atoms with Gasteiger partial charge >= 0.3 is 0 Å². The van der Waals surface area contributed by atoms with Crippen molar-refractivity contribution in [2.45, 2.75) is 25.1 Å². The van der Waals surface area contributed by atoms with Gasteiger partial charge < -0.3 is 19.9 Å². The van der Waals surface area contributed by atoms with Crippen molar-refractivity contribution >= 4 is 71.5 Å². The lowest BCUT2D eigenvalue weighted by Crippen LogP contribution is -2.48. The number of carbonyl (C=O) groups is 1. The van der Waals surface area contributed by atoms with Gasteiger partial charge in [0.05, 0.1) is 26.8 Å². The second kappa shape index (κ2) is 10.4. The molecule has 2 N–H and O–H groups in total. The molecule has 0 saturated heterocycles. The number of halogens is 1. The summed E-state index contributed by atoms with van der Waals surface area (Å²) in [5.41, 5.74) is 2.12. The van der Waals surface area contributed by atoms with Crippen LogP contribution in [0.15, 0.2) is 61.2 Å². The van der Waals surface area contributed by atoms with E-state index < -0.39 is 20.5 Å². The smallest absolute Gasteiger partial charge is 0.240 e. The third-order valence-corrected chi connectivity index (χ3v) is 9.53. The molecular formula is C26H25ClN6O4S2. The molecule has 0 bridgehead atoms. The Morgan fingerprint density at radius 1 is 1.15 bits per heavy atom. The lowest BCUT2D eigenvalue weighted by Gasteiger charge is -2.21. The maximum Gasteiger partial charge on any atom is 0.240 e. The van der Waals surface area contributed by atoms with Crippen LogP contribution >= 0.6 is 23.1 Å². The Morgan fingerprint density at radius 2 is 1.97 bits per heavy atom. The maximum atomic E-state index is 12.5. The molecule has 13 heteroatoms. The number of fused-ring (bicyclic) bond motifs is 2. The molecule has 0 unspecified atom stereocenters. The van der Waals surface area contributed by atoms with E-state index in [0.29, 0.717) is 40.1 Å². The third-order valence-electron chi connectivity index (χ3n) is 6.44. The molecule has 10 nitrogen and oxygen atoms in total. The zero-order valence-corrected chi connectivity index (χ0v) is 23.7. The lowest BCUT2D eigenvalue weighted by atomic mass is 10.2. The fourth-order valence-electron chi connectivity index (χ4n) is 3.85. The highest BCUT2D eigenvalue weighted by atomic mass is 35.5. The van der Waals surface area contributed by atoms with Crippen LogP contribution in [0.4, 0.5) is 11.5 Å². The Hall–Kier alpha value is -3.74. The van der Waals surface area contributed by atoms with Crippen LogP contribution in [0.3, 0.4) is 0 Å². The number of anilines is 2. The molecule has 0 aliphatic carbocycles. The van der Waals surface area contributed by atoms with Gasteiger partial charge in [0.2, 0.25) is 5.91 Å². The monoisotopic (exact) mass is 584 g/mol. The molecule has 1 amide bonds. The van der Waals surface area contributed by atoms with Crippen molar-refractivity contribution in [3.8, 4) is 11.5 Å². The van der Waals surface area contributed by atoms with E-state index in [0.717, 1.165) is 21.9 Å². The number of nitrogens with one attached hydrogen (secondary N) is 2. The molecule has 0 radical (unpaired) electrons. The zero-order chi connectivity index (χ0) is 27.8. The van der Waals surface area contributed by atoms with E-state index in [1.54, 1.807) is 18.3 Å². The number of ether oxygens (including phenoxy) is 1. The molecule has 0 aliphatic heterocycles. The minimum atomic E-state index is -3.56. The van der Waals surface area contributed by atoms with Gasteiger partial charge in [0.25, 0.3) is 0 Å². The van der Waals surface area contributed by atoms with Gasteiger partial charge in [0.15, 0.2) is 15.7 Å². The van der Waals surface area contributed by atoms with Crippen LogP contribution in [0.25, 0.3) is 21.1 Å². The van der Waals surface area contributed by atoms with Gasteiger partial charge in [-0.25, -0.2) is 18.4 Å². The topological polar surface area (TPSA) is 128 Å². The summed E-state index contributed by atoms with van der Waals surface area (Å²) in [4.78, 5) is 21.2. The Bertz CT molecular complexity index is 1800. The highest BCUT2D eigenvalue weighted by molar-refractivity contribution is 7.92. The minimum absolute atomic E-state index is 0.222. The van der Waals surface area contributed by atoms with E-state index in [1.165, 1.54) is 31.7 Å². The van der Waals surface area contributed by atoms with Crippen LogP contribution in [0.1, 0.15) is 13.8 Å². The molecule has 3 heterocycles. The van der Waals surface area contributed by atoms with Crippen molar-refractivity contribution in [1.82, 2.24) is 24.2 Å². The van der Waals surface area contributed by atoms with E-state index in [4.69, 9.17) is 16.3 Å². The van der Waals surface area contributed by atoms with Crippen LogP contribution < -0.4 is 15.4 Å². The van der Waals surface area contributed by atoms with Crippen LogP contribution in [-0.2, 0) is 21.2 Å². The highest BCUT2D eigenvalue weighted by Gasteiger charge is 2.38. The fourth-order valence-corrected chi connectivity index (χ4v) is 5.14. The number of nitrogens with zero attached hydrogens (tertiary/aromatic N) is 4. The Labute approximate surface area is 234 Å². The summed E-state index contributed by atoms with van der Waals surface area (Å²) >= 11 is 7.97. The Morgan fingerprint density at radius 3 is 2.74 bits per heavy atom. The summed E-state index contributed by atoms with van der Waals surface area (Å²) in [6, 6.07) is 13.0. The quantitative estimate of drug-likeness (QED) is 0.243. The molecule has 5 aromatic rings. The fraction of sp³-hybridized carbons (Fsp3) is 0.231. The highest BCUT2D eigenvalue weighted by Crippen LogP contribution is 2.36. The molecule has 5 rings (SSSR count). The van der Waals surface area contributed by atoms with Gasteiger partial charge in [-0.1, -0.05) is 17.7 Å². The van der Waals surface area contributed by atoms with Crippen molar-refractivity contribution in [3.63, 3.8) is 0 Å². The molecule has 0 aliphatic rings. The first-order valence-corrected chi connectivity index (χ1v) is 14.9. The Kier molecular flexibility index (Phi) is 7.19. The molecule has 2 aromatic carbocycles. The van der Waals surface area contributed by atoms with Crippen LogP contribution in [0.2, 0.25) is 5.02 Å². The number of hydrogen-bond acceptors (Lipinski definition) is 9. The van der Waals surface area contributed by atoms with Gasteiger partial charge in [0, 0.05) is 31.2 Å². The van der Waals surface area contributed by atoms with E-state index in [2.05, 4.69) is 25.0 Å². The van der Waals surface area contributed by atoms with E-state index in [1.807, 2.05) is 41.1 Å². The first kappa shape index (κ1) is 26.9. The van der Waals surface area contributed by atoms with Gasteiger partial charge in [0.1, 0.15) is 28.1 Å². The second-order valence-corrected chi connectivity index (χ2v) is 13.2. The van der Waals surface area contributed by atoms with E-state index in [-0.39, 0.29) is 6.54 Å². The summed E-state index contributed by atoms with van der Waals surface area (Å²) in [5, 5.41) is 7.33. The zero-order valence-electron chi connectivity index (χ0n) is 21.3. The van der Waals surface area contributed by atoms with Crippen molar-refractivity contribution in [2.75, 3.05) is 18.1 Å². The lowest BCUT2D eigenvalue weighted by molar-refractivity contribution is -0.122. The first-order valence-electron chi connectivity index (χ1n) is 11.9. The molecule has 3 aromatic heterocycles. The average molecular weight is 585 g/mol. The predicted molar refractivity (Wildman–Crippen MR) is 154 cm³/mol. The molecular weight excluding hydrogens is 560 g/mol. The number of amides is 1. The predicted octanol–water partition coefficient (Wildman–Crippen LogP) is 5.17. The number of aromatic nitrogens is 4. The summed E-state index contributed by atoms with van der Waals surface area (Å²) in [5.74, 6) is 1.17. The molecule has 0 spiro atoms. The first-order chi connectivity index (χ1) is 18.5. The Balaban J connectivity index is 1.32. The average Bonchev–Trinajstić information content (AvgIpc) is 3.53. The molecule has 39 heavy (non-hydrogen) atoms. The number of benzene rings is 2. The summed E-state index contributed by atoms with van der Waals surface area (Å²) in [7, 11) is -3.56. The van der Waals surface area contributed by atoms with Crippen molar-refractivity contribution in [2.24, 2.45) is 0 Å². The molecule has 202 valence electrons.